The Balaban J connectivity index is 0.000000367. The van der Waals surface area contributed by atoms with Gasteiger partial charge in [0, 0.05) is 7.05 Å². The minimum atomic E-state index is -1.75. The molecule has 1 aliphatic heterocycles. The zero-order chi connectivity index (χ0) is 13.1. The van der Waals surface area contributed by atoms with Crippen molar-refractivity contribution in [2.75, 3.05) is 32.0 Å². The third kappa shape index (κ3) is 2.18. The summed E-state index contributed by atoms with van der Waals surface area (Å²) < 4.78 is 24.8. The molecule has 3 heterocycles. The summed E-state index contributed by atoms with van der Waals surface area (Å²) in [5.41, 5.74) is 0.737. The van der Waals surface area contributed by atoms with Gasteiger partial charge >= 0.3 is 0 Å². The van der Waals surface area contributed by atoms with Crippen molar-refractivity contribution in [1.29, 1.82) is 0 Å². The fourth-order valence-electron chi connectivity index (χ4n) is 1.76. The largest absolute Gasteiger partial charge is 0.474 e. The van der Waals surface area contributed by atoms with Crippen molar-refractivity contribution in [2.45, 2.75) is 6.92 Å². The molecule has 2 aromatic rings. The number of ether oxygens (including phenoxy) is 1. The van der Waals surface area contributed by atoms with Crippen LogP contribution >= 0.6 is 0 Å². The number of nitrogens with one attached hydrogen (secondary N) is 1. The number of rotatable bonds is 0. The molecule has 0 radical (unpaired) electrons. The Bertz CT molecular complexity index is 544. The highest BCUT2D eigenvalue weighted by Gasteiger charge is 2.20. The monoisotopic (exact) mass is 257 g/mol. The van der Waals surface area contributed by atoms with Crippen molar-refractivity contribution in [2.24, 2.45) is 0 Å². The number of alkyl halides is 2. The van der Waals surface area contributed by atoms with Crippen LogP contribution in [0.1, 0.15) is 5.82 Å². The standard InChI is InChI=1S/C9H11N5O.CH2F2/c1-5-10-7-6-8(11-5)14(2)3-4-15-9(6)13-12-7;2-1-3/h3-4H2,1-2H3,(H,10,11,12,13);1H2. The number of aryl methyl sites for hydroxylation is 1. The Morgan fingerprint density at radius 2 is 2.11 bits per heavy atom. The van der Waals surface area contributed by atoms with Gasteiger partial charge in [-0.2, -0.15) is 0 Å². The lowest BCUT2D eigenvalue weighted by Gasteiger charge is -2.15. The number of anilines is 1. The third-order valence-corrected chi connectivity index (χ3v) is 2.51. The van der Waals surface area contributed by atoms with E-state index < -0.39 is 6.93 Å². The molecule has 3 rings (SSSR count). The summed E-state index contributed by atoms with van der Waals surface area (Å²) in [6.45, 7) is 1.55. The summed E-state index contributed by atoms with van der Waals surface area (Å²) in [5.74, 6) is 2.23. The minimum absolute atomic E-state index is 0.601. The lowest BCUT2D eigenvalue weighted by molar-refractivity contribution is 0.295. The van der Waals surface area contributed by atoms with E-state index in [1.807, 2.05) is 14.0 Å². The van der Waals surface area contributed by atoms with Gasteiger partial charge < -0.3 is 9.64 Å². The molecule has 8 heteroatoms. The maximum Gasteiger partial charge on any atom is 0.246 e. The summed E-state index contributed by atoms with van der Waals surface area (Å²) in [4.78, 5) is 10.8. The molecule has 6 nitrogen and oxygen atoms in total. The fraction of sp³-hybridized carbons (Fsp3) is 0.500. The fourth-order valence-corrected chi connectivity index (χ4v) is 1.76. The van der Waals surface area contributed by atoms with Gasteiger partial charge in [-0.15, -0.1) is 5.10 Å². The van der Waals surface area contributed by atoms with Crippen LogP contribution in [0.25, 0.3) is 11.0 Å². The Hall–Kier alpha value is -1.99. The van der Waals surface area contributed by atoms with Gasteiger partial charge in [0.1, 0.15) is 23.6 Å². The average Bonchev–Trinajstić information content (AvgIpc) is 2.64. The highest BCUT2D eigenvalue weighted by molar-refractivity contribution is 5.92. The predicted molar refractivity (Wildman–Crippen MR) is 62.3 cm³/mol. The second-order valence-electron chi connectivity index (χ2n) is 3.72. The first kappa shape index (κ1) is 12.5. The number of hydrogen-bond donors (Lipinski definition) is 1. The molecule has 98 valence electrons. The molecule has 0 saturated carbocycles. The molecule has 0 fully saturated rings. The molecule has 2 aromatic heterocycles. The Labute approximate surface area is 102 Å². The molecule has 18 heavy (non-hydrogen) atoms. The zero-order valence-corrected chi connectivity index (χ0v) is 10.1. The Kier molecular flexibility index (Phi) is 3.54. The molecular formula is C10H13F2N5O. The van der Waals surface area contributed by atoms with Gasteiger partial charge in [0.15, 0.2) is 5.65 Å². The van der Waals surface area contributed by atoms with E-state index in [9.17, 15) is 8.78 Å². The van der Waals surface area contributed by atoms with E-state index in [-0.39, 0.29) is 0 Å². The van der Waals surface area contributed by atoms with E-state index in [0.29, 0.717) is 12.5 Å². The number of halogens is 2. The van der Waals surface area contributed by atoms with Crippen LogP contribution in [-0.4, -0.2) is 47.3 Å². The van der Waals surface area contributed by atoms with Crippen molar-refractivity contribution in [3.63, 3.8) is 0 Å². The van der Waals surface area contributed by atoms with E-state index >= 15 is 0 Å². The van der Waals surface area contributed by atoms with Crippen molar-refractivity contribution in [3.05, 3.63) is 5.82 Å². The topological polar surface area (TPSA) is 66.9 Å². The first-order valence-corrected chi connectivity index (χ1v) is 5.36. The summed E-state index contributed by atoms with van der Waals surface area (Å²) in [7, 11) is 1.99. The summed E-state index contributed by atoms with van der Waals surface area (Å²) in [6, 6.07) is 0. The summed E-state index contributed by atoms with van der Waals surface area (Å²) in [5, 5.41) is 7.82. The second kappa shape index (κ2) is 5.11. The van der Waals surface area contributed by atoms with Crippen molar-refractivity contribution in [3.8, 4) is 5.88 Å². The molecule has 1 aliphatic rings. The van der Waals surface area contributed by atoms with Gasteiger partial charge in [-0.3, -0.25) is 5.10 Å². The molecule has 1 N–H and O–H groups in total. The minimum Gasteiger partial charge on any atom is -0.474 e. The van der Waals surface area contributed by atoms with E-state index in [0.717, 1.165) is 29.2 Å². The first-order chi connectivity index (χ1) is 8.67. The molecule has 0 amide bonds. The van der Waals surface area contributed by atoms with Crippen LogP contribution in [0.15, 0.2) is 0 Å². The highest BCUT2D eigenvalue weighted by Crippen LogP contribution is 2.31. The van der Waals surface area contributed by atoms with Gasteiger partial charge in [0.05, 0.1) is 6.54 Å². The van der Waals surface area contributed by atoms with Crippen LogP contribution in [0.2, 0.25) is 0 Å². The quantitative estimate of drug-likeness (QED) is 0.772. The Morgan fingerprint density at radius 3 is 2.83 bits per heavy atom. The number of likely N-dealkylation sites (N-methyl/N-ethyl adjacent to an activating group) is 1. The van der Waals surface area contributed by atoms with E-state index in [1.54, 1.807) is 0 Å². The summed E-state index contributed by atoms with van der Waals surface area (Å²) >= 11 is 0. The van der Waals surface area contributed by atoms with E-state index in [1.165, 1.54) is 0 Å². The van der Waals surface area contributed by atoms with Crippen LogP contribution < -0.4 is 9.64 Å². The van der Waals surface area contributed by atoms with Crippen LogP contribution in [0.3, 0.4) is 0 Å². The van der Waals surface area contributed by atoms with Gasteiger partial charge in [0.2, 0.25) is 12.8 Å². The molecular weight excluding hydrogens is 244 g/mol. The zero-order valence-electron chi connectivity index (χ0n) is 10.1. The molecule has 0 atom stereocenters. The number of nitrogens with zero attached hydrogens (tertiary/aromatic N) is 4. The second-order valence-corrected chi connectivity index (χ2v) is 3.72. The third-order valence-electron chi connectivity index (χ3n) is 2.51. The van der Waals surface area contributed by atoms with Crippen molar-refractivity contribution >= 4 is 16.9 Å². The number of aromatic amines is 1. The smallest absolute Gasteiger partial charge is 0.246 e. The normalized spacial score (nSPS) is 13.7. The lowest BCUT2D eigenvalue weighted by atomic mass is 10.3. The SMILES string of the molecule is Cc1nc2c3c(n[nH]c3n1)OCCN2C.FCF. The predicted octanol–water partition coefficient (Wildman–Crippen LogP) is 1.37. The Morgan fingerprint density at radius 1 is 1.39 bits per heavy atom. The lowest BCUT2D eigenvalue weighted by Crippen LogP contribution is -2.23. The molecule has 0 aliphatic carbocycles. The van der Waals surface area contributed by atoms with Crippen LogP contribution in [-0.2, 0) is 0 Å². The molecule has 0 spiro atoms. The molecule has 0 unspecified atom stereocenters. The van der Waals surface area contributed by atoms with Gasteiger partial charge in [-0.25, -0.2) is 18.7 Å². The maximum absolute atomic E-state index is 9.62. The van der Waals surface area contributed by atoms with Crippen LogP contribution in [0.4, 0.5) is 14.6 Å². The number of aromatic nitrogens is 4. The van der Waals surface area contributed by atoms with E-state index in [4.69, 9.17) is 4.74 Å². The number of hydrogen-bond acceptors (Lipinski definition) is 5. The van der Waals surface area contributed by atoms with Gasteiger partial charge in [-0.1, -0.05) is 0 Å². The van der Waals surface area contributed by atoms with Crippen LogP contribution in [0, 0.1) is 6.92 Å². The average molecular weight is 257 g/mol. The van der Waals surface area contributed by atoms with Crippen molar-refractivity contribution in [1.82, 2.24) is 20.2 Å². The first-order valence-electron chi connectivity index (χ1n) is 5.36. The number of H-pyrrole nitrogens is 1. The molecule has 0 aromatic carbocycles. The highest BCUT2D eigenvalue weighted by atomic mass is 19.3. The van der Waals surface area contributed by atoms with Crippen molar-refractivity contribution < 1.29 is 13.5 Å². The molecule has 0 saturated heterocycles. The molecule has 0 bridgehead atoms. The van der Waals surface area contributed by atoms with Crippen LogP contribution in [0.5, 0.6) is 5.88 Å². The van der Waals surface area contributed by atoms with E-state index in [2.05, 4.69) is 25.1 Å². The maximum atomic E-state index is 9.62. The summed E-state index contributed by atoms with van der Waals surface area (Å²) in [6.07, 6.45) is 0. The van der Waals surface area contributed by atoms with Gasteiger partial charge in [0.25, 0.3) is 0 Å². The van der Waals surface area contributed by atoms with Gasteiger partial charge in [-0.05, 0) is 6.92 Å².